The smallest absolute Gasteiger partial charge is 0.243 e. The topological polar surface area (TPSA) is 116 Å². The van der Waals surface area contributed by atoms with Crippen LogP contribution in [0.15, 0.2) is 107 Å². The van der Waals surface area contributed by atoms with Gasteiger partial charge < -0.3 is 13.9 Å². The van der Waals surface area contributed by atoms with Crippen molar-refractivity contribution < 1.29 is 27.1 Å². The van der Waals surface area contributed by atoms with Crippen molar-refractivity contribution in [1.29, 1.82) is 0 Å². The molecular weight excluding hydrogens is 556 g/mol. The van der Waals surface area contributed by atoms with Crippen LogP contribution in [0.2, 0.25) is 0 Å². The molecule has 0 aliphatic carbocycles. The molecule has 0 fully saturated rings. The molecule has 42 heavy (non-hydrogen) atoms. The molecule has 0 bridgehead atoms. The molecule has 2 aromatic heterocycles. The monoisotopic (exact) mass is 586 g/mol. The standard InChI is InChI=1S/C31H30N4O6S/c1-22-11-14-26(15-12-22)42(37,38)34(19-25-10-7-17-41-25)21-30(36)33-31-32-27(23-8-5-4-6-9-23)20-35(31)24-13-16-28(39-2)29(18-24)40-3/h4-18,20H,19,21H2,1-3H3,(H,32,33,36). The second kappa shape index (κ2) is 12.3. The van der Waals surface area contributed by atoms with Gasteiger partial charge in [-0.2, -0.15) is 4.31 Å². The number of methoxy groups -OCH3 is 2. The van der Waals surface area contributed by atoms with Gasteiger partial charge in [0, 0.05) is 17.8 Å². The summed E-state index contributed by atoms with van der Waals surface area (Å²) in [6, 6.07) is 24.6. The van der Waals surface area contributed by atoms with E-state index in [-0.39, 0.29) is 17.4 Å². The van der Waals surface area contributed by atoms with Crippen molar-refractivity contribution in [3.05, 3.63) is 109 Å². The second-order valence-electron chi connectivity index (χ2n) is 9.44. The summed E-state index contributed by atoms with van der Waals surface area (Å²) in [5.74, 6) is 1.07. The van der Waals surface area contributed by atoms with Crippen LogP contribution in [-0.2, 0) is 21.4 Å². The first-order valence-electron chi connectivity index (χ1n) is 13.0. The van der Waals surface area contributed by atoms with Crippen LogP contribution >= 0.6 is 0 Å². The maximum absolute atomic E-state index is 13.6. The van der Waals surface area contributed by atoms with Crippen LogP contribution < -0.4 is 14.8 Å². The van der Waals surface area contributed by atoms with Crippen molar-refractivity contribution in [3.63, 3.8) is 0 Å². The van der Waals surface area contributed by atoms with Crippen LogP contribution in [0.25, 0.3) is 16.9 Å². The van der Waals surface area contributed by atoms with Gasteiger partial charge in [0.15, 0.2) is 11.5 Å². The van der Waals surface area contributed by atoms with E-state index < -0.39 is 22.5 Å². The summed E-state index contributed by atoms with van der Waals surface area (Å²) in [6.07, 6.45) is 3.24. The molecule has 5 rings (SSSR count). The van der Waals surface area contributed by atoms with Crippen LogP contribution in [0.4, 0.5) is 5.95 Å². The zero-order valence-corrected chi connectivity index (χ0v) is 24.2. The number of hydrogen-bond donors (Lipinski definition) is 1. The summed E-state index contributed by atoms with van der Waals surface area (Å²) in [6.45, 7) is 1.26. The van der Waals surface area contributed by atoms with Crippen LogP contribution in [0.1, 0.15) is 11.3 Å². The molecule has 2 heterocycles. The quantitative estimate of drug-likeness (QED) is 0.224. The Morgan fingerprint density at radius 2 is 1.69 bits per heavy atom. The number of furan rings is 1. The summed E-state index contributed by atoms with van der Waals surface area (Å²) in [7, 11) is -0.957. The van der Waals surface area contributed by atoms with Crippen molar-refractivity contribution in [1.82, 2.24) is 13.9 Å². The lowest BCUT2D eigenvalue weighted by Crippen LogP contribution is -2.37. The summed E-state index contributed by atoms with van der Waals surface area (Å²) in [5, 5.41) is 2.81. The molecule has 0 aliphatic heterocycles. The van der Waals surface area contributed by atoms with Gasteiger partial charge in [0.2, 0.25) is 21.9 Å². The predicted molar refractivity (Wildman–Crippen MR) is 158 cm³/mol. The first-order valence-corrected chi connectivity index (χ1v) is 14.5. The zero-order valence-electron chi connectivity index (χ0n) is 23.4. The fourth-order valence-corrected chi connectivity index (χ4v) is 5.74. The number of hydrogen-bond acceptors (Lipinski definition) is 7. The normalized spacial score (nSPS) is 11.4. The number of aryl methyl sites for hydroxylation is 1. The number of ether oxygens (including phenoxy) is 2. The Labute approximate surface area is 244 Å². The molecule has 1 amide bonds. The Kier molecular flexibility index (Phi) is 8.41. The van der Waals surface area contributed by atoms with Crippen LogP contribution in [0.3, 0.4) is 0 Å². The van der Waals surface area contributed by atoms with Crippen molar-refractivity contribution in [3.8, 4) is 28.4 Å². The molecule has 5 aromatic rings. The van der Waals surface area contributed by atoms with Crippen LogP contribution in [0.5, 0.6) is 11.5 Å². The van der Waals surface area contributed by atoms with Gasteiger partial charge in [-0.15, -0.1) is 0 Å². The minimum Gasteiger partial charge on any atom is -0.493 e. The van der Waals surface area contributed by atoms with Crippen molar-refractivity contribution in [2.24, 2.45) is 0 Å². The summed E-state index contributed by atoms with van der Waals surface area (Å²) < 4.78 is 46.3. The maximum Gasteiger partial charge on any atom is 0.243 e. The number of carbonyl (C=O) groups is 1. The highest BCUT2D eigenvalue weighted by atomic mass is 32.2. The predicted octanol–water partition coefficient (Wildman–Crippen LogP) is 5.29. The number of sulfonamides is 1. The number of aromatic nitrogens is 2. The maximum atomic E-state index is 13.6. The molecule has 10 nitrogen and oxygen atoms in total. The highest BCUT2D eigenvalue weighted by molar-refractivity contribution is 7.89. The minimum atomic E-state index is -4.04. The molecule has 1 N–H and O–H groups in total. The van der Waals surface area contributed by atoms with E-state index >= 15 is 0 Å². The minimum absolute atomic E-state index is 0.0747. The number of imidazole rings is 1. The van der Waals surface area contributed by atoms with Gasteiger partial charge in [-0.05, 0) is 43.3 Å². The number of carbonyl (C=O) groups excluding carboxylic acids is 1. The SMILES string of the molecule is COc1ccc(-n2cc(-c3ccccc3)nc2NC(=O)CN(Cc2ccco2)S(=O)(=O)c2ccc(C)cc2)cc1OC. The van der Waals surface area contributed by atoms with E-state index in [0.29, 0.717) is 28.6 Å². The van der Waals surface area contributed by atoms with Crippen molar-refractivity contribution in [2.75, 3.05) is 26.1 Å². The molecule has 0 radical (unpaired) electrons. The highest BCUT2D eigenvalue weighted by Gasteiger charge is 2.28. The van der Waals surface area contributed by atoms with Crippen LogP contribution in [-0.4, -0.2) is 48.9 Å². The largest absolute Gasteiger partial charge is 0.493 e. The Balaban J connectivity index is 1.49. The number of nitrogens with zero attached hydrogens (tertiary/aromatic N) is 3. The van der Waals surface area contributed by atoms with Crippen molar-refractivity contribution >= 4 is 21.9 Å². The molecule has 216 valence electrons. The molecular formula is C31H30N4O6S. The Morgan fingerprint density at radius 1 is 0.952 bits per heavy atom. The number of nitrogens with one attached hydrogen (secondary N) is 1. The summed E-state index contributed by atoms with van der Waals surface area (Å²) in [5.41, 5.74) is 3.02. The zero-order chi connectivity index (χ0) is 29.7. The van der Waals surface area contributed by atoms with E-state index in [2.05, 4.69) is 10.3 Å². The Bertz CT molecular complexity index is 1770. The van der Waals surface area contributed by atoms with Crippen molar-refractivity contribution in [2.45, 2.75) is 18.4 Å². The molecule has 3 aromatic carbocycles. The van der Waals surface area contributed by atoms with E-state index in [9.17, 15) is 13.2 Å². The molecule has 0 unspecified atom stereocenters. The molecule has 0 spiro atoms. The van der Waals surface area contributed by atoms with E-state index in [1.807, 2.05) is 37.3 Å². The Morgan fingerprint density at radius 3 is 2.36 bits per heavy atom. The average Bonchev–Trinajstić information content (AvgIpc) is 3.67. The van der Waals surface area contributed by atoms with E-state index in [1.54, 1.807) is 60.3 Å². The third-order valence-electron chi connectivity index (χ3n) is 6.56. The van der Waals surface area contributed by atoms with Crippen LogP contribution in [0, 0.1) is 6.92 Å². The molecule has 11 heteroatoms. The third-order valence-corrected chi connectivity index (χ3v) is 8.37. The highest BCUT2D eigenvalue weighted by Crippen LogP contribution is 2.32. The lowest BCUT2D eigenvalue weighted by atomic mass is 10.2. The fraction of sp³-hybridized carbons (Fsp3) is 0.161. The molecule has 0 saturated heterocycles. The molecule has 0 aliphatic rings. The fourth-order valence-electron chi connectivity index (χ4n) is 4.37. The molecule has 0 saturated carbocycles. The van der Waals surface area contributed by atoms with E-state index in [4.69, 9.17) is 13.9 Å². The van der Waals surface area contributed by atoms with Gasteiger partial charge in [-0.3, -0.25) is 14.7 Å². The van der Waals surface area contributed by atoms with Gasteiger partial charge >= 0.3 is 0 Å². The van der Waals surface area contributed by atoms with Gasteiger partial charge in [0.1, 0.15) is 5.76 Å². The van der Waals surface area contributed by atoms with Gasteiger partial charge in [0.25, 0.3) is 0 Å². The van der Waals surface area contributed by atoms with Gasteiger partial charge in [0.05, 0.1) is 49.8 Å². The number of amides is 1. The molecule has 0 atom stereocenters. The number of benzene rings is 3. The number of anilines is 1. The average molecular weight is 587 g/mol. The Hall–Kier alpha value is -4.87. The number of rotatable bonds is 11. The third kappa shape index (κ3) is 6.22. The first-order chi connectivity index (χ1) is 20.3. The summed E-state index contributed by atoms with van der Waals surface area (Å²) >= 11 is 0. The van der Waals surface area contributed by atoms with Gasteiger partial charge in [-0.25, -0.2) is 13.4 Å². The lowest BCUT2D eigenvalue weighted by Gasteiger charge is -2.21. The second-order valence-corrected chi connectivity index (χ2v) is 11.4. The van der Waals surface area contributed by atoms with E-state index in [0.717, 1.165) is 15.4 Å². The first kappa shape index (κ1) is 28.7. The van der Waals surface area contributed by atoms with Gasteiger partial charge in [-0.1, -0.05) is 48.0 Å². The summed E-state index contributed by atoms with van der Waals surface area (Å²) in [4.78, 5) is 18.2. The van der Waals surface area contributed by atoms with E-state index in [1.165, 1.54) is 25.5 Å². The lowest BCUT2D eigenvalue weighted by molar-refractivity contribution is -0.116.